The molecule has 7 heavy (non-hydrogen) atoms. The zero-order valence-electron chi connectivity index (χ0n) is 3.96. The van der Waals surface area contributed by atoms with E-state index in [1.54, 1.807) is 6.21 Å². The molecule has 0 saturated carbocycles. The summed E-state index contributed by atoms with van der Waals surface area (Å²) in [5.41, 5.74) is 5.19. The summed E-state index contributed by atoms with van der Waals surface area (Å²) in [7, 11) is 0. The Morgan fingerprint density at radius 3 is 3.00 bits per heavy atom. The Kier molecular flexibility index (Phi) is 1.17. The summed E-state index contributed by atoms with van der Waals surface area (Å²) in [6, 6.07) is 0. The highest BCUT2D eigenvalue weighted by Gasteiger charge is 1.93. The van der Waals surface area contributed by atoms with E-state index in [4.69, 9.17) is 5.73 Å². The van der Waals surface area contributed by atoms with Crippen molar-refractivity contribution < 1.29 is 0 Å². The first-order chi connectivity index (χ1) is 3.43. The molecule has 1 aliphatic heterocycles. The van der Waals surface area contributed by atoms with Crippen LogP contribution in [0.1, 0.15) is 0 Å². The van der Waals surface area contributed by atoms with Gasteiger partial charge in [0.25, 0.3) is 0 Å². The summed E-state index contributed by atoms with van der Waals surface area (Å²) in [4.78, 5) is 7.78. The molecular weight excluding hydrogens is 90.1 g/mol. The summed E-state index contributed by atoms with van der Waals surface area (Å²) in [5.74, 6) is 0.764. The van der Waals surface area contributed by atoms with E-state index in [0.717, 1.165) is 5.84 Å². The van der Waals surface area contributed by atoms with Crippen molar-refractivity contribution in [2.24, 2.45) is 15.7 Å². The van der Waals surface area contributed by atoms with Gasteiger partial charge < -0.3 is 5.73 Å². The molecule has 0 spiro atoms. The van der Waals surface area contributed by atoms with Gasteiger partial charge in [-0.2, -0.15) is 0 Å². The molecule has 0 fully saturated rings. The van der Waals surface area contributed by atoms with E-state index in [0.29, 0.717) is 13.1 Å². The van der Waals surface area contributed by atoms with Gasteiger partial charge in [-0.25, -0.2) is 4.99 Å². The van der Waals surface area contributed by atoms with Gasteiger partial charge in [-0.1, -0.05) is 0 Å². The Bertz CT molecular complexity index is 114. The molecule has 0 amide bonds. The predicted molar refractivity (Wildman–Crippen MR) is 29.8 cm³/mol. The van der Waals surface area contributed by atoms with E-state index in [-0.39, 0.29) is 0 Å². The lowest BCUT2D eigenvalue weighted by atomic mass is 10.6. The first-order valence-corrected chi connectivity index (χ1v) is 2.19. The average molecular weight is 97.1 g/mol. The van der Waals surface area contributed by atoms with Crippen molar-refractivity contribution >= 4 is 12.1 Å². The fourth-order valence-corrected chi connectivity index (χ4v) is 0.450. The van der Waals surface area contributed by atoms with Crippen LogP contribution in [0, 0.1) is 0 Å². The van der Waals surface area contributed by atoms with Crippen LogP contribution in [0.5, 0.6) is 0 Å². The molecule has 1 rings (SSSR count). The van der Waals surface area contributed by atoms with Crippen molar-refractivity contribution in [1.82, 2.24) is 0 Å². The van der Waals surface area contributed by atoms with Crippen molar-refractivity contribution in [2.75, 3.05) is 13.1 Å². The monoisotopic (exact) mass is 97.1 g/mol. The average Bonchev–Trinajstić information content (AvgIpc) is 2.14. The molecule has 0 radical (unpaired) electrons. The normalized spacial score (nSPS) is 17.6. The van der Waals surface area contributed by atoms with E-state index in [1.807, 2.05) is 0 Å². The summed E-state index contributed by atoms with van der Waals surface area (Å²) < 4.78 is 0. The minimum atomic E-state index is 0.469. The molecule has 0 saturated heterocycles. The molecular formula is C4H7N3. The van der Waals surface area contributed by atoms with Gasteiger partial charge in [-0.05, 0) is 0 Å². The van der Waals surface area contributed by atoms with E-state index in [1.165, 1.54) is 0 Å². The van der Waals surface area contributed by atoms with Crippen molar-refractivity contribution in [3.05, 3.63) is 0 Å². The quantitative estimate of drug-likeness (QED) is 0.468. The van der Waals surface area contributed by atoms with Crippen LogP contribution in [0.15, 0.2) is 9.98 Å². The Morgan fingerprint density at radius 1 is 1.86 bits per heavy atom. The summed E-state index contributed by atoms with van der Waals surface area (Å²) in [5, 5.41) is 0. The highest BCUT2D eigenvalue weighted by molar-refractivity contribution is 5.95. The van der Waals surface area contributed by atoms with Crippen LogP contribution in [-0.2, 0) is 0 Å². The Balaban J connectivity index is 2.52. The van der Waals surface area contributed by atoms with Crippen LogP contribution >= 0.6 is 0 Å². The van der Waals surface area contributed by atoms with Gasteiger partial charge in [0.2, 0.25) is 0 Å². The molecule has 1 heterocycles. The maximum atomic E-state index is 5.19. The lowest BCUT2D eigenvalue weighted by Gasteiger charge is -1.82. The largest absolute Gasteiger partial charge is 0.324 e. The van der Waals surface area contributed by atoms with Gasteiger partial charge in [0.05, 0.1) is 13.1 Å². The van der Waals surface area contributed by atoms with Gasteiger partial charge in [0.15, 0.2) is 0 Å². The SMILES string of the molecule is NCC1=NCC=N1. The Morgan fingerprint density at radius 2 is 2.71 bits per heavy atom. The third-order valence-corrected chi connectivity index (χ3v) is 0.778. The zero-order chi connectivity index (χ0) is 5.11. The first-order valence-electron chi connectivity index (χ1n) is 2.19. The van der Waals surface area contributed by atoms with Crippen LogP contribution < -0.4 is 5.73 Å². The van der Waals surface area contributed by atoms with Crippen molar-refractivity contribution in [3.63, 3.8) is 0 Å². The number of hydrogen-bond donors (Lipinski definition) is 1. The molecule has 0 aliphatic carbocycles. The smallest absolute Gasteiger partial charge is 0.137 e. The second-order valence-electron chi connectivity index (χ2n) is 1.27. The minimum Gasteiger partial charge on any atom is -0.324 e. The van der Waals surface area contributed by atoms with Gasteiger partial charge in [-0.15, -0.1) is 0 Å². The van der Waals surface area contributed by atoms with Crippen molar-refractivity contribution in [2.45, 2.75) is 0 Å². The molecule has 0 aromatic carbocycles. The first kappa shape index (κ1) is 4.46. The van der Waals surface area contributed by atoms with Gasteiger partial charge in [0.1, 0.15) is 5.84 Å². The summed E-state index contributed by atoms with van der Waals surface area (Å²) in [6.45, 7) is 1.18. The maximum Gasteiger partial charge on any atom is 0.137 e. The number of nitrogens with two attached hydrogens (primary N) is 1. The molecule has 0 aromatic heterocycles. The molecule has 0 aromatic rings. The fraction of sp³-hybridized carbons (Fsp3) is 0.500. The zero-order valence-corrected chi connectivity index (χ0v) is 3.96. The predicted octanol–water partition coefficient (Wildman–Crippen LogP) is -0.572. The van der Waals surface area contributed by atoms with Crippen LogP contribution in [0.3, 0.4) is 0 Å². The summed E-state index contributed by atoms with van der Waals surface area (Å²) in [6.07, 6.45) is 1.75. The highest BCUT2D eigenvalue weighted by atomic mass is 15.0. The molecule has 3 nitrogen and oxygen atoms in total. The van der Waals surface area contributed by atoms with Crippen LogP contribution in [0.4, 0.5) is 0 Å². The number of rotatable bonds is 1. The van der Waals surface area contributed by atoms with E-state index < -0.39 is 0 Å². The highest BCUT2D eigenvalue weighted by Crippen LogP contribution is 1.84. The lowest BCUT2D eigenvalue weighted by Crippen LogP contribution is -2.08. The fourth-order valence-electron chi connectivity index (χ4n) is 0.450. The number of hydrogen-bond acceptors (Lipinski definition) is 3. The number of amidine groups is 1. The maximum absolute atomic E-state index is 5.19. The third kappa shape index (κ3) is 0.838. The molecule has 0 bridgehead atoms. The van der Waals surface area contributed by atoms with Crippen molar-refractivity contribution in [1.29, 1.82) is 0 Å². The minimum absolute atomic E-state index is 0.469. The second kappa shape index (κ2) is 1.84. The van der Waals surface area contributed by atoms with E-state index in [2.05, 4.69) is 9.98 Å². The van der Waals surface area contributed by atoms with Crippen LogP contribution in [0.25, 0.3) is 0 Å². The van der Waals surface area contributed by atoms with Gasteiger partial charge in [0, 0.05) is 6.21 Å². The molecule has 0 atom stereocenters. The topological polar surface area (TPSA) is 50.7 Å². The molecule has 0 unspecified atom stereocenters. The lowest BCUT2D eigenvalue weighted by molar-refractivity contribution is 1.25. The molecule has 1 aliphatic rings. The third-order valence-electron chi connectivity index (χ3n) is 0.778. The summed E-state index contributed by atoms with van der Waals surface area (Å²) >= 11 is 0. The number of aliphatic imine (C=N–C) groups is 2. The standard InChI is InChI=1S/C4H7N3/c5-3-4-6-1-2-7-4/h1H,2-3,5H2. The van der Waals surface area contributed by atoms with E-state index in [9.17, 15) is 0 Å². The Hall–Kier alpha value is -0.700. The van der Waals surface area contributed by atoms with E-state index >= 15 is 0 Å². The second-order valence-corrected chi connectivity index (χ2v) is 1.27. The molecule has 3 heteroatoms. The van der Waals surface area contributed by atoms with Crippen molar-refractivity contribution in [3.8, 4) is 0 Å². The van der Waals surface area contributed by atoms with Crippen LogP contribution in [-0.4, -0.2) is 25.1 Å². The number of nitrogens with zero attached hydrogens (tertiary/aromatic N) is 2. The van der Waals surface area contributed by atoms with Gasteiger partial charge in [-0.3, -0.25) is 4.99 Å². The van der Waals surface area contributed by atoms with Crippen LogP contribution in [0.2, 0.25) is 0 Å². The molecule has 38 valence electrons. The van der Waals surface area contributed by atoms with Gasteiger partial charge >= 0.3 is 0 Å². The molecule has 2 N–H and O–H groups in total. The Labute approximate surface area is 42.0 Å².